The molecule has 0 saturated heterocycles. The number of hydrogen-bond donors (Lipinski definition) is 1. The molecule has 5 heteroatoms. The van der Waals surface area contributed by atoms with E-state index in [0.29, 0.717) is 6.54 Å². The molecule has 5 nitrogen and oxygen atoms in total. The smallest absolute Gasteiger partial charge is 0.202 e. The summed E-state index contributed by atoms with van der Waals surface area (Å²) >= 11 is 0. The van der Waals surface area contributed by atoms with Gasteiger partial charge in [-0.15, -0.1) is 10.2 Å². The number of ether oxygens (including phenoxy) is 1. The fraction of sp³-hybridized carbons (Fsp3) is 0.400. The Morgan fingerprint density at radius 1 is 1.90 bits per heavy atom. The van der Waals surface area contributed by atoms with Crippen molar-refractivity contribution in [1.29, 1.82) is 5.41 Å². The van der Waals surface area contributed by atoms with E-state index in [1.807, 2.05) is 0 Å². The van der Waals surface area contributed by atoms with Gasteiger partial charge in [-0.1, -0.05) is 0 Å². The van der Waals surface area contributed by atoms with E-state index < -0.39 is 0 Å². The number of nitrogens with zero attached hydrogens (tertiary/aromatic N) is 3. The van der Waals surface area contributed by atoms with Crippen molar-refractivity contribution in [2.24, 2.45) is 0 Å². The quantitative estimate of drug-likeness (QED) is 0.452. The summed E-state index contributed by atoms with van der Waals surface area (Å²) in [5, 5.41) is 14.1. The molecule has 53 valence electrons. The molecule has 0 fully saturated rings. The highest BCUT2D eigenvalue weighted by Gasteiger charge is 1.95. The summed E-state index contributed by atoms with van der Waals surface area (Å²) in [6.45, 7) is 0.337. The molecule has 1 rings (SSSR count). The third-order valence-corrected chi connectivity index (χ3v) is 0.982. The highest BCUT2D eigenvalue weighted by molar-refractivity contribution is 5.71. The van der Waals surface area contributed by atoms with Gasteiger partial charge in [-0.05, 0) is 0 Å². The lowest BCUT2D eigenvalue weighted by molar-refractivity contribution is 0.380. The van der Waals surface area contributed by atoms with Gasteiger partial charge in [0.25, 0.3) is 0 Å². The Hall–Kier alpha value is -1.39. The summed E-state index contributed by atoms with van der Waals surface area (Å²) in [4.78, 5) is 0. The SMILES string of the molecule is COC(=N)Cn1[c]nnc1. The second-order valence-corrected chi connectivity index (χ2v) is 1.69. The van der Waals surface area contributed by atoms with Crippen LogP contribution < -0.4 is 0 Å². The molecule has 1 N–H and O–H groups in total. The Bertz CT molecular complexity index is 205. The number of rotatable bonds is 2. The predicted molar refractivity (Wildman–Crippen MR) is 33.6 cm³/mol. The number of hydrogen-bond acceptors (Lipinski definition) is 4. The molecule has 0 bridgehead atoms. The van der Waals surface area contributed by atoms with Gasteiger partial charge < -0.3 is 9.30 Å². The second kappa shape index (κ2) is 2.95. The molecule has 1 heterocycles. The van der Waals surface area contributed by atoms with E-state index >= 15 is 0 Å². The first kappa shape index (κ1) is 6.73. The highest BCUT2D eigenvalue weighted by Crippen LogP contribution is 1.83. The largest absolute Gasteiger partial charge is 0.483 e. The summed E-state index contributed by atoms with van der Waals surface area (Å²) in [5.41, 5.74) is 0. The normalized spacial score (nSPS) is 9.30. The minimum Gasteiger partial charge on any atom is -0.483 e. The first-order chi connectivity index (χ1) is 4.83. The Balaban J connectivity index is 2.48. The van der Waals surface area contributed by atoms with Gasteiger partial charge in [0, 0.05) is 0 Å². The van der Waals surface area contributed by atoms with Crippen LogP contribution in [0.15, 0.2) is 6.33 Å². The van der Waals surface area contributed by atoms with Crippen LogP contribution >= 0.6 is 0 Å². The fourth-order valence-electron chi connectivity index (χ4n) is 0.493. The summed E-state index contributed by atoms with van der Waals surface area (Å²) < 4.78 is 6.14. The van der Waals surface area contributed by atoms with Crippen molar-refractivity contribution < 1.29 is 4.74 Å². The molecule has 0 saturated carbocycles. The molecule has 0 aliphatic carbocycles. The van der Waals surface area contributed by atoms with Gasteiger partial charge in [0.05, 0.1) is 7.11 Å². The zero-order chi connectivity index (χ0) is 7.40. The summed E-state index contributed by atoms with van der Waals surface area (Å²) in [7, 11) is 1.45. The van der Waals surface area contributed by atoms with Gasteiger partial charge in [0.1, 0.15) is 12.9 Å². The zero-order valence-electron chi connectivity index (χ0n) is 5.53. The van der Waals surface area contributed by atoms with Crippen molar-refractivity contribution >= 4 is 5.90 Å². The van der Waals surface area contributed by atoms with Gasteiger partial charge in [0.2, 0.25) is 12.2 Å². The Kier molecular flexibility index (Phi) is 1.99. The van der Waals surface area contributed by atoms with Crippen LogP contribution in [0.2, 0.25) is 0 Å². The van der Waals surface area contributed by atoms with Crippen molar-refractivity contribution in [3.8, 4) is 0 Å². The molecule has 0 amide bonds. The molecule has 0 aliphatic rings. The van der Waals surface area contributed by atoms with Crippen molar-refractivity contribution in [3.63, 3.8) is 0 Å². The molecule has 0 spiro atoms. The van der Waals surface area contributed by atoms with Gasteiger partial charge in [-0.3, -0.25) is 5.41 Å². The van der Waals surface area contributed by atoms with Crippen LogP contribution in [0.4, 0.5) is 0 Å². The van der Waals surface area contributed by atoms with Crippen LogP contribution in [0, 0.1) is 11.7 Å². The molecule has 1 aromatic heterocycles. The maximum absolute atomic E-state index is 7.10. The zero-order valence-corrected chi connectivity index (χ0v) is 5.53. The molecule has 0 atom stereocenters. The lowest BCUT2D eigenvalue weighted by atomic mass is 10.6. The van der Waals surface area contributed by atoms with E-state index in [0.717, 1.165) is 0 Å². The minimum atomic E-state index is 0.163. The topological polar surface area (TPSA) is 63.8 Å². The van der Waals surface area contributed by atoms with Crippen LogP contribution in [0.3, 0.4) is 0 Å². The first-order valence-corrected chi connectivity index (χ1v) is 2.70. The summed E-state index contributed by atoms with van der Waals surface area (Å²) in [5.74, 6) is 0.163. The lowest BCUT2D eigenvalue weighted by Gasteiger charge is -1.99. The van der Waals surface area contributed by atoms with E-state index in [1.165, 1.54) is 18.0 Å². The average molecular weight is 139 g/mol. The van der Waals surface area contributed by atoms with Crippen molar-refractivity contribution in [2.75, 3.05) is 7.11 Å². The average Bonchev–Trinajstić information content (AvgIpc) is 2.40. The monoisotopic (exact) mass is 139 g/mol. The van der Waals surface area contributed by atoms with Crippen LogP contribution in [0.5, 0.6) is 0 Å². The summed E-state index contributed by atoms with van der Waals surface area (Å²) in [6.07, 6.45) is 4.02. The molecule has 1 aromatic rings. The number of aromatic nitrogens is 3. The van der Waals surface area contributed by atoms with E-state index in [4.69, 9.17) is 5.41 Å². The number of methoxy groups -OCH3 is 1. The van der Waals surface area contributed by atoms with E-state index in [-0.39, 0.29) is 5.90 Å². The van der Waals surface area contributed by atoms with Crippen molar-refractivity contribution in [3.05, 3.63) is 12.7 Å². The van der Waals surface area contributed by atoms with Crippen molar-refractivity contribution in [1.82, 2.24) is 14.8 Å². The first-order valence-electron chi connectivity index (χ1n) is 2.70. The van der Waals surface area contributed by atoms with Crippen LogP contribution in [-0.4, -0.2) is 27.8 Å². The lowest BCUT2D eigenvalue weighted by Crippen LogP contribution is -2.08. The molecule has 0 unspecified atom stereocenters. The molecule has 10 heavy (non-hydrogen) atoms. The number of nitrogens with one attached hydrogen (secondary N) is 1. The van der Waals surface area contributed by atoms with Crippen LogP contribution in [-0.2, 0) is 11.3 Å². The molecular weight excluding hydrogens is 132 g/mol. The van der Waals surface area contributed by atoms with Gasteiger partial charge >= 0.3 is 0 Å². The van der Waals surface area contributed by atoms with Crippen LogP contribution in [0.1, 0.15) is 0 Å². The maximum atomic E-state index is 7.10. The Morgan fingerprint density at radius 3 is 3.20 bits per heavy atom. The van der Waals surface area contributed by atoms with E-state index in [2.05, 4.69) is 21.3 Å². The standard InChI is InChI=1S/C5H7N4O/c1-10-5(6)2-9-3-7-8-4-9/h3,6H,2H2,1H3. The summed E-state index contributed by atoms with van der Waals surface area (Å²) in [6, 6.07) is 0. The minimum absolute atomic E-state index is 0.163. The van der Waals surface area contributed by atoms with Gasteiger partial charge in [-0.2, -0.15) is 0 Å². The third kappa shape index (κ3) is 1.54. The Morgan fingerprint density at radius 2 is 2.70 bits per heavy atom. The Labute approximate surface area is 58.2 Å². The molecule has 0 aromatic carbocycles. The van der Waals surface area contributed by atoms with Crippen LogP contribution in [0.25, 0.3) is 0 Å². The molecule has 1 radical (unpaired) electrons. The van der Waals surface area contributed by atoms with Gasteiger partial charge in [0.15, 0.2) is 0 Å². The van der Waals surface area contributed by atoms with E-state index in [9.17, 15) is 0 Å². The van der Waals surface area contributed by atoms with Gasteiger partial charge in [-0.25, -0.2) is 0 Å². The predicted octanol–water partition coefficient (Wildman–Crippen LogP) is -0.298. The molecule has 0 aliphatic heterocycles. The maximum Gasteiger partial charge on any atom is 0.202 e. The van der Waals surface area contributed by atoms with E-state index in [1.54, 1.807) is 0 Å². The molecular formula is C5H7N4O. The second-order valence-electron chi connectivity index (χ2n) is 1.69. The fourth-order valence-corrected chi connectivity index (χ4v) is 0.493. The highest BCUT2D eigenvalue weighted by atomic mass is 16.5. The third-order valence-electron chi connectivity index (χ3n) is 0.982. The van der Waals surface area contributed by atoms with Crippen molar-refractivity contribution in [2.45, 2.75) is 6.54 Å².